The van der Waals surface area contributed by atoms with Gasteiger partial charge in [0.15, 0.2) is 0 Å². The summed E-state index contributed by atoms with van der Waals surface area (Å²) in [6.07, 6.45) is 5.59. The van der Waals surface area contributed by atoms with Crippen LogP contribution < -0.4 is 0 Å². The SMILES string of the molecule is CO[C@H]1CN(Cc2ccc3cc[nH]c3c2)CC[C@@]12CCCO2. The van der Waals surface area contributed by atoms with Crippen LogP contribution >= 0.6 is 0 Å². The van der Waals surface area contributed by atoms with Crippen molar-refractivity contribution in [3.05, 3.63) is 36.0 Å². The van der Waals surface area contributed by atoms with Crippen molar-refractivity contribution in [2.45, 2.75) is 37.5 Å². The number of nitrogens with zero attached hydrogens (tertiary/aromatic N) is 1. The first-order valence-corrected chi connectivity index (χ1v) is 8.24. The molecular formula is C18H24N2O2. The Labute approximate surface area is 131 Å². The van der Waals surface area contributed by atoms with Crippen LogP contribution in [0.25, 0.3) is 10.9 Å². The summed E-state index contributed by atoms with van der Waals surface area (Å²) in [6.45, 7) is 3.91. The lowest BCUT2D eigenvalue weighted by Gasteiger charge is -2.44. The Morgan fingerprint density at radius 2 is 2.32 bits per heavy atom. The van der Waals surface area contributed by atoms with Crippen LogP contribution in [-0.2, 0) is 16.0 Å². The summed E-state index contributed by atoms with van der Waals surface area (Å²) in [5, 5.41) is 1.27. The molecule has 4 nitrogen and oxygen atoms in total. The Morgan fingerprint density at radius 1 is 1.36 bits per heavy atom. The van der Waals surface area contributed by atoms with Crippen LogP contribution in [0.5, 0.6) is 0 Å². The zero-order valence-corrected chi connectivity index (χ0v) is 13.2. The van der Waals surface area contributed by atoms with E-state index >= 15 is 0 Å². The fraction of sp³-hybridized carbons (Fsp3) is 0.556. The molecule has 0 aliphatic carbocycles. The molecule has 2 fully saturated rings. The highest BCUT2D eigenvalue weighted by Gasteiger charge is 2.46. The fourth-order valence-electron chi connectivity index (χ4n) is 4.06. The maximum Gasteiger partial charge on any atom is 0.0987 e. The molecule has 4 heteroatoms. The average Bonchev–Trinajstić information content (AvgIpc) is 3.19. The molecule has 1 N–H and O–H groups in total. The summed E-state index contributed by atoms with van der Waals surface area (Å²) in [5.74, 6) is 0. The van der Waals surface area contributed by atoms with Gasteiger partial charge in [0.05, 0.1) is 11.7 Å². The molecule has 2 aliphatic rings. The Kier molecular flexibility index (Phi) is 3.68. The van der Waals surface area contributed by atoms with E-state index in [2.05, 4.69) is 34.1 Å². The largest absolute Gasteiger partial charge is 0.377 e. The van der Waals surface area contributed by atoms with Gasteiger partial charge < -0.3 is 14.5 Å². The summed E-state index contributed by atoms with van der Waals surface area (Å²) in [4.78, 5) is 5.78. The molecule has 0 amide bonds. The number of nitrogens with one attached hydrogen (secondary N) is 1. The van der Waals surface area contributed by atoms with Gasteiger partial charge in [0.1, 0.15) is 0 Å². The standard InChI is InChI=1S/C18H24N2O2/c1-21-17-13-20(9-7-18(17)6-2-10-22-18)12-14-3-4-15-5-8-19-16(15)11-14/h3-5,8,11,17,19H,2,6-7,9-10,12-13H2,1H3/t17-,18-/m0/s1. The van der Waals surface area contributed by atoms with Gasteiger partial charge in [-0.2, -0.15) is 0 Å². The van der Waals surface area contributed by atoms with Crippen LogP contribution in [-0.4, -0.2) is 48.4 Å². The fourth-order valence-corrected chi connectivity index (χ4v) is 4.06. The van der Waals surface area contributed by atoms with E-state index in [-0.39, 0.29) is 11.7 Å². The molecule has 0 unspecified atom stereocenters. The molecule has 1 aromatic carbocycles. The second kappa shape index (κ2) is 5.69. The van der Waals surface area contributed by atoms with Gasteiger partial charge in [-0.3, -0.25) is 4.90 Å². The third-order valence-corrected chi connectivity index (χ3v) is 5.31. The highest BCUT2D eigenvalue weighted by molar-refractivity contribution is 5.79. The molecule has 0 radical (unpaired) electrons. The zero-order chi connectivity index (χ0) is 15.0. The molecule has 4 rings (SSSR count). The topological polar surface area (TPSA) is 37.5 Å². The highest BCUT2D eigenvalue weighted by atomic mass is 16.5. The second-order valence-corrected chi connectivity index (χ2v) is 6.63. The van der Waals surface area contributed by atoms with Crippen LogP contribution in [0.15, 0.2) is 30.5 Å². The Bertz CT molecular complexity index is 645. The average molecular weight is 300 g/mol. The van der Waals surface area contributed by atoms with Gasteiger partial charge >= 0.3 is 0 Å². The number of hydrogen-bond acceptors (Lipinski definition) is 3. The van der Waals surface area contributed by atoms with Crippen molar-refractivity contribution in [3.63, 3.8) is 0 Å². The van der Waals surface area contributed by atoms with Gasteiger partial charge in [-0.05, 0) is 42.3 Å². The number of fused-ring (bicyclic) bond motifs is 1. The molecule has 2 atom stereocenters. The van der Waals surface area contributed by atoms with E-state index in [0.29, 0.717) is 0 Å². The number of H-pyrrole nitrogens is 1. The van der Waals surface area contributed by atoms with Gasteiger partial charge in [0.25, 0.3) is 0 Å². The van der Waals surface area contributed by atoms with Crippen molar-refractivity contribution in [1.82, 2.24) is 9.88 Å². The summed E-state index contributed by atoms with van der Waals surface area (Å²) < 4.78 is 11.9. The molecule has 0 saturated carbocycles. The molecule has 2 aliphatic heterocycles. The van der Waals surface area contributed by atoms with Crippen molar-refractivity contribution >= 4 is 10.9 Å². The smallest absolute Gasteiger partial charge is 0.0987 e. The van der Waals surface area contributed by atoms with E-state index < -0.39 is 0 Å². The minimum atomic E-state index is -0.0192. The summed E-state index contributed by atoms with van der Waals surface area (Å²) in [7, 11) is 1.82. The number of piperidine rings is 1. The first-order chi connectivity index (χ1) is 10.8. The van der Waals surface area contributed by atoms with Crippen molar-refractivity contribution < 1.29 is 9.47 Å². The number of likely N-dealkylation sites (tertiary alicyclic amines) is 1. The molecule has 1 spiro atoms. The first kappa shape index (κ1) is 14.2. The number of benzene rings is 1. The monoisotopic (exact) mass is 300 g/mol. The summed E-state index contributed by atoms with van der Waals surface area (Å²) >= 11 is 0. The van der Waals surface area contributed by atoms with Crippen LogP contribution in [0.4, 0.5) is 0 Å². The van der Waals surface area contributed by atoms with E-state index in [1.807, 2.05) is 13.3 Å². The maximum atomic E-state index is 6.07. The number of methoxy groups -OCH3 is 1. The van der Waals surface area contributed by atoms with E-state index in [9.17, 15) is 0 Å². The molecule has 22 heavy (non-hydrogen) atoms. The van der Waals surface area contributed by atoms with E-state index in [4.69, 9.17) is 9.47 Å². The predicted molar refractivity (Wildman–Crippen MR) is 86.9 cm³/mol. The quantitative estimate of drug-likeness (QED) is 0.947. The van der Waals surface area contributed by atoms with Crippen LogP contribution in [0.3, 0.4) is 0 Å². The van der Waals surface area contributed by atoms with E-state index in [0.717, 1.165) is 39.1 Å². The third-order valence-electron chi connectivity index (χ3n) is 5.31. The lowest BCUT2D eigenvalue weighted by Crippen LogP contribution is -2.55. The van der Waals surface area contributed by atoms with Crippen LogP contribution in [0.2, 0.25) is 0 Å². The molecule has 2 saturated heterocycles. The minimum Gasteiger partial charge on any atom is -0.377 e. The van der Waals surface area contributed by atoms with Crippen LogP contribution in [0, 0.1) is 0 Å². The van der Waals surface area contributed by atoms with Crippen molar-refractivity contribution in [2.24, 2.45) is 0 Å². The van der Waals surface area contributed by atoms with Gasteiger partial charge in [-0.15, -0.1) is 0 Å². The lowest BCUT2D eigenvalue weighted by atomic mass is 9.85. The highest BCUT2D eigenvalue weighted by Crippen LogP contribution is 2.37. The Hall–Kier alpha value is -1.36. The van der Waals surface area contributed by atoms with Gasteiger partial charge in [-0.1, -0.05) is 12.1 Å². The zero-order valence-electron chi connectivity index (χ0n) is 13.2. The van der Waals surface area contributed by atoms with Gasteiger partial charge in [-0.25, -0.2) is 0 Å². The maximum absolute atomic E-state index is 6.07. The van der Waals surface area contributed by atoms with Crippen molar-refractivity contribution in [2.75, 3.05) is 26.8 Å². The normalized spacial score (nSPS) is 29.6. The molecule has 118 valence electrons. The molecule has 3 heterocycles. The number of aromatic nitrogens is 1. The Balaban J connectivity index is 1.47. The first-order valence-electron chi connectivity index (χ1n) is 8.24. The molecule has 2 aromatic rings. The van der Waals surface area contributed by atoms with Crippen LogP contribution in [0.1, 0.15) is 24.8 Å². The minimum absolute atomic E-state index is 0.0192. The second-order valence-electron chi connectivity index (χ2n) is 6.63. The van der Waals surface area contributed by atoms with E-state index in [1.165, 1.54) is 22.9 Å². The lowest BCUT2D eigenvalue weighted by molar-refractivity contribution is -0.143. The number of ether oxygens (including phenoxy) is 2. The summed E-state index contributed by atoms with van der Waals surface area (Å²) in [5.41, 5.74) is 2.55. The van der Waals surface area contributed by atoms with Crippen molar-refractivity contribution in [1.29, 1.82) is 0 Å². The Morgan fingerprint density at radius 3 is 3.14 bits per heavy atom. The molecule has 1 aromatic heterocycles. The number of rotatable bonds is 3. The third kappa shape index (κ3) is 2.45. The predicted octanol–water partition coefficient (Wildman–Crippen LogP) is 2.94. The number of hydrogen-bond donors (Lipinski definition) is 1. The molecular weight excluding hydrogens is 276 g/mol. The van der Waals surface area contributed by atoms with Gasteiger partial charge in [0.2, 0.25) is 0 Å². The van der Waals surface area contributed by atoms with Gasteiger partial charge in [0, 0.05) is 45.1 Å². The van der Waals surface area contributed by atoms with Crippen molar-refractivity contribution in [3.8, 4) is 0 Å². The molecule has 0 bridgehead atoms. The van der Waals surface area contributed by atoms with E-state index in [1.54, 1.807) is 0 Å². The summed E-state index contributed by atoms with van der Waals surface area (Å²) in [6, 6.07) is 8.80. The number of aromatic amines is 1.